The van der Waals surface area contributed by atoms with Gasteiger partial charge in [0.1, 0.15) is 5.75 Å². The molecule has 3 aromatic heterocycles. The van der Waals surface area contributed by atoms with Crippen LogP contribution in [0.3, 0.4) is 0 Å². The van der Waals surface area contributed by atoms with E-state index in [-0.39, 0.29) is 0 Å². The molecular formula is C17H20N4O2S. The third-order valence-electron chi connectivity index (χ3n) is 3.81. The minimum absolute atomic E-state index is 0.605. The number of pyridine rings is 2. The van der Waals surface area contributed by atoms with Crippen molar-refractivity contribution in [2.75, 3.05) is 14.2 Å². The van der Waals surface area contributed by atoms with Crippen LogP contribution >= 0.6 is 11.8 Å². The molecule has 3 aromatic rings. The second-order valence-corrected chi connectivity index (χ2v) is 6.27. The van der Waals surface area contributed by atoms with Gasteiger partial charge in [0.05, 0.1) is 25.4 Å². The van der Waals surface area contributed by atoms with Crippen molar-refractivity contribution in [2.45, 2.75) is 31.2 Å². The molecule has 0 aromatic carbocycles. The first-order chi connectivity index (χ1) is 11.7. The molecule has 0 fully saturated rings. The van der Waals surface area contributed by atoms with E-state index in [0.717, 1.165) is 45.4 Å². The molecule has 0 amide bonds. The number of imidazole rings is 1. The van der Waals surface area contributed by atoms with Crippen molar-refractivity contribution in [3.05, 3.63) is 35.2 Å². The van der Waals surface area contributed by atoms with Gasteiger partial charge in [0.2, 0.25) is 5.88 Å². The highest BCUT2D eigenvalue weighted by Gasteiger charge is 2.12. The summed E-state index contributed by atoms with van der Waals surface area (Å²) in [6.07, 6.45) is 2.66. The van der Waals surface area contributed by atoms with Crippen LogP contribution in [-0.4, -0.2) is 34.2 Å². The number of fused-ring (bicyclic) bond motifs is 1. The highest BCUT2D eigenvalue weighted by molar-refractivity contribution is 7.98. The van der Waals surface area contributed by atoms with Crippen molar-refractivity contribution >= 4 is 22.9 Å². The molecule has 0 bridgehead atoms. The number of nitrogens with one attached hydrogen (secondary N) is 1. The van der Waals surface area contributed by atoms with E-state index in [1.807, 2.05) is 19.1 Å². The van der Waals surface area contributed by atoms with Gasteiger partial charge in [-0.15, -0.1) is 0 Å². The van der Waals surface area contributed by atoms with Crippen LogP contribution in [-0.2, 0) is 12.2 Å². The lowest BCUT2D eigenvalue weighted by Gasteiger charge is -2.10. The van der Waals surface area contributed by atoms with Gasteiger partial charge >= 0.3 is 0 Å². The Bertz CT molecular complexity index is 863. The molecule has 0 saturated heterocycles. The Balaban J connectivity index is 1.83. The Hall–Kier alpha value is -2.28. The predicted molar refractivity (Wildman–Crippen MR) is 94.9 cm³/mol. The van der Waals surface area contributed by atoms with Gasteiger partial charge in [-0.05, 0) is 25.5 Å². The van der Waals surface area contributed by atoms with Crippen LogP contribution in [0.2, 0.25) is 0 Å². The molecule has 0 saturated carbocycles. The maximum absolute atomic E-state index is 5.42. The lowest BCUT2D eigenvalue weighted by Crippen LogP contribution is -1.99. The lowest BCUT2D eigenvalue weighted by molar-refractivity contribution is 0.396. The summed E-state index contributed by atoms with van der Waals surface area (Å²) < 4.78 is 10.7. The molecule has 0 aliphatic heterocycles. The molecule has 0 aliphatic rings. The number of aromatic nitrogens is 4. The van der Waals surface area contributed by atoms with Gasteiger partial charge in [-0.1, -0.05) is 18.7 Å². The molecule has 0 spiro atoms. The van der Waals surface area contributed by atoms with E-state index < -0.39 is 0 Å². The molecule has 0 radical (unpaired) electrons. The van der Waals surface area contributed by atoms with Gasteiger partial charge < -0.3 is 14.5 Å². The topological polar surface area (TPSA) is 72.9 Å². The number of aromatic amines is 1. The number of hydrogen-bond acceptors (Lipinski definition) is 6. The Labute approximate surface area is 145 Å². The minimum Gasteiger partial charge on any atom is -0.496 e. The molecule has 3 rings (SSSR count). The quantitative estimate of drug-likeness (QED) is 0.690. The average Bonchev–Trinajstić information content (AvgIpc) is 3.00. The maximum Gasteiger partial charge on any atom is 0.218 e. The largest absolute Gasteiger partial charge is 0.496 e. The van der Waals surface area contributed by atoms with Crippen LogP contribution in [0.15, 0.2) is 23.5 Å². The van der Waals surface area contributed by atoms with Crippen LogP contribution in [0.25, 0.3) is 11.2 Å². The van der Waals surface area contributed by atoms with Gasteiger partial charge in [0, 0.05) is 23.1 Å². The molecule has 126 valence electrons. The summed E-state index contributed by atoms with van der Waals surface area (Å²) in [4.78, 5) is 16.7. The molecular weight excluding hydrogens is 324 g/mol. The number of H-pyrrole nitrogens is 1. The summed E-state index contributed by atoms with van der Waals surface area (Å²) in [6, 6.07) is 3.90. The van der Waals surface area contributed by atoms with Crippen molar-refractivity contribution in [3.63, 3.8) is 0 Å². The van der Waals surface area contributed by atoms with E-state index >= 15 is 0 Å². The number of rotatable bonds is 6. The zero-order chi connectivity index (χ0) is 17.1. The monoisotopic (exact) mass is 344 g/mol. The maximum atomic E-state index is 5.42. The first-order valence-electron chi connectivity index (χ1n) is 7.71. The Morgan fingerprint density at radius 3 is 2.75 bits per heavy atom. The normalized spacial score (nSPS) is 11.0. The summed E-state index contributed by atoms with van der Waals surface area (Å²) in [6.45, 7) is 4.07. The fraction of sp³-hybridized carbons (Fsp3) is 0.353. The van der Waals surface area contributed by atoms with Gasteiger partial charge in [-0.2, -0.15) is 4.98 Å². The van der Waals surface area contributed by atoms with E-state index in [9.17, 15) is 0 Å². The SMILES string of the molecule is CCc1c(OC)ccnc1CSc1nc2nc(OC)c(C)cc2[nH]1. The number of hydrogen-bond donors (Lipinski definition) is 1. The third kappa shape index (κ3) is 3.17. The van der Waals surface area contributed by atoms with Crippen LogP contribution < -0.4 is 9.47 Å². The van der Waals surface area contributed by atoms with Crippen molar-refractivity contribution in [1.82, 2.24) is 19.9 Å². The number of thioether (sulfide) groups is 1. The van der Waals surface area contributed by atoms with Crippen LogP contribution in [0.1, 0.15) is 23.7 Å². The van der Waals surface area contributed by atoms with Gasteiger partial charge in [-0.3, -0.25) is 4.98 Å². The van der Waals surface area contributed by atoms with E-state index in [4.69, 9.17) is 9.47 Å². The molecule has 1 N–H and O–H groups in total. The minimum atomic E-state index is 0.605. The summed E-state index contributed by atoms with van der Waals surface area (Å²) >= 11 is 1.60. The zero-order valence-electron chi connectivity index (χ0n) is 14.2. The predicted octanol–water partition coefficient (Wildman–Crippen LogP) is 3.53. The molecule has 0 atom stereocenters. The molecule has 6 nitrogen and oxygen atoms in total. The number of methoxy groups -OCH3 is 2. The fourth-order valence-electron chi connectivity index (χ4n) is 2.63. The van der Waals surface area contributed by atoms with Crippen LogP contribution in [0.5, 0.6) is 11.6 Å². The van der Waals surface area contributed by atoms with Gasteiger partial charge in [0.25, 0.3) is 0 Å². The lowest BCUT2D eigenvalue weighted by atomic mass is 10.1. The molecule has 24 heavy (non-hydrogen) atoms. The fourth-order valence-corrected chi connectivity index (χ4v) is 3.48. The highest BCUT2D eigenvalue weighted by atomic mass is 32.2. The van der Waals surface area contributed by atoms with Crippen molar-refractivity contribution in [1.29, 1.82) is 0 Å². The van der Waals surface area contributed by atoms with E-state index in [1.54, 1.807) is 32.2 Å². The Kier molecular flexibility index (Phi) is 4.89. The summed E-state index contributed by atoms with van der Waals surface area (Å²) in [7, 11) is 3.30. The smallest absolute Gasteiger partial charge is 0.218 e. The second kappa shape index (κ2) is 7.09. The second-order valence-electron chi connectivity index (χ2n) is 5.31. The average molecular weight is 344 g/mol. The van der Waals surface area contributed by atoms with Crippen LogP contribution in [0.4, 0.5) is 0 Å². The highest BCUT2D eigenvalue weighted by Crippen LogP contribution is 2.28. The first kappa shape index (κ1) is 16.6. The van der Waals surface area contributed by atoms with E-state index in [0.29, 0.717) is 11.5 Å². The molecule has 7 heteroatoms. The number of aryl methyl sites for hydroxylation is 1. The summed E-state index contributed by atoms with van der Waals surface area (Å²) in [5.74, 6) is 2.21. The van der Waals surface area contributed by atoms with Crippen molar-refractivity contribution in [3.8, 4) is 11.6 Å². The Morgan fingerprint density at radius 1 is 1.21 bits per heavy atom. The standard InChI is InChI=1S/C17H20N4O2S/c1-5-11-13(18-7-6-14(11)22-3)9-24-17-19-12-8-10(2)16(23-4)20-15(12)21-17/h6-8H,5,9H2,1-4H3,(H,19,20,21). The van der Waals surface area contributed by atoms with E-state index in [2.05, 4.69) is 26.9 Å². The molecule has 3 heterocycles. The molecule has 0 unspecified atom stereocenters. The first-order valence-corrected chi connectivity index (χ1v) is 8.69. The van der Waals surface area contributed by atoms with Crippen molar-refractivity contribution < 1.29 is 9.47 Å². The van der Waals surface area contributed by atoms with Crippen LogP contribution in [0, 0.1) is 6.92 Å². The summed E-state index contributed by atoms with van der Waals surface area (Å²) in [5.41, 5.74) is 4.70. The van der Waals surface area contributed by atoms with Gasteiger partial charge in [-0.25, -0.2) is 4.98 Å². The number of nitrogens with zero attached hydrogens (tertiary/aromatic N) is 3. The van der Waals surface area contributed by atoms with E-state index in [1.165, 1.54) is 0 Å². The Morgan fingerprint density at radius 2 is 2.04 bits per heavy atom. The zero-order valence-corrected chi connectivity index (χ0v) is 15.0. The number of ether oxygens (including phenoxy) is 2. The third-order valence-corrected chi connectivity index (χ3v) is 4.69. The van der Waals surface area contributed by atoms with Crippen molar-refractivity contribution in [2.24, 2.45) is 0 Å². The summed E-state index contributed by atoms with van der Waals surface area (Å²) in [5, 5.41) is 0.817. The van der Waals surface area contributed by atoms with Gasteiger partial charge in [0.15, 0.2) is 10.8 Å². The molecule has 0 aliphatic carbocycles.